The van der Waals surface area contributed by atoms with E-state index in [2.05, 4.69) is 0 Å². The monoisotopic (exact) mass is 2990 g/mol. The van der Waals surface area contributed by atoms with Gasteiger partial charge in [-0.25, -0.2) is 0 Å². The molecule has 59 heteroatoms. The smallest absolute Gasteiger partial charge is 2.00 e. The van der Waals surface area contributed by atoms with Gasteiger partial charge in [-0.3, -0.25) is 0 Å². The van der Waals surface area contributed by atoms with E-state index in [9.17, 15) is 0 Å². The summed E-state index contributed by atoms with van der Waals surface area (Å²) in [6, 6.07) is 0. The van der Waals surface area contributed by atoms with Crippen LogP contribution in [-0.4, -0.2) is 16.4 Å². The van der Waals surface area contributed by atoms with Gasteiger partial charge in [-0.05, 0) is 0 Å². The van der Waals surface area contributed by atoms with E-state index in [0.29, 0.717) is 0 Å². The number of hydrogen-bond donors (Lipinski definition) is 0. The maximum absolute atomic E-state index is 0. The van der Waals surface area contributed by atoms with E-state index >= 15 is 0 Å². The van der Waals surface area contributed by atoms with Crippen molar-refractivity contribution in [2.45, 2.75) is 0 Å². The Morgan fingerprint density at radius 2 is 0.102 bits per heavy atom. The molecule has 0 aromatic carbocycles. The molecule has 0 amide bonds. The molecule has 0 saturated heterocycles. The van der Waals surface area contributed by atoms with Gasteiger partial charge in [0, 0.05) is 232 Å². The molecule has 394 valence electrons. The van der Waals surface area contributed by atoms with Gasteiger partial charge in [-0.1, -0.05) is 0 Å². The molecule has 2 N–H and O–H groups in total. The molecule has 0 radical (unpaired) electrons. The van der Waals surface area contributed by atoms with E-state index < -0.39 is 0 Å². The van der Waals surface area contributed by atoms with E-state index in [1.54, 1.807) is 0 Å². The Bertz CT molecular complexity index is 80.6. The summed E-state index contributed by atoms with van der Waals surface area (Å²) in [5, 5.41) is 0. The molecule has 0 bridgehead atoms. The van der Waals surface area contributed by atoms with Crippen molar-refractivity contribution in [1.29, 1.82) is 0 Å². The minimum Gasteiger partial charge on any atom is -2.00 e. The Kier molecular flexibility index (Phi) is 38600. The first-order chi connectivity index (χ1) is 0. The van der Waals surface area contributed by atoms with Gasteiger partial charge in [0.05, 0.1) is 0 Å². The molecule has 0 spiro atoms. The van der Waals surface area contributed by atoms with Gasteiger partial charge in [0.2, 0.25) is 0 Å². The predicted molar refractivity (Wildman–Crippen MR) is 36.1 cm³/mol. The third-order valence-electron chi connectivity index (χ3n) is 0. The van der Waals surface area contributed by atoms with Crippen LogP contribution in [0.5, 0.6) is 0 Å². The van der Waals surface area contributed by atoms with Crippen LogP contribution in [-0.2, 0) is 462 Å². The SMILES string of the molecule is O.[K+].[K+].[K+].[K+].[K+].[K+].[Ni+2].[O-2].[O-2].[O-2].[O-2].[O-2].[O-2].[O-2].[O-2].[O-2].[O-2].[O-2].[O-2].[O-2].[O-2].[O-2].[O-2].[O-2].[O-2].[O-2].[O-2].[O-2].[O-2].[O-2].[O-2].[O-2].[O-2].[O-2].[O-2].[O-2].[O-2].[O-2].[O-2].[O-2].[O-2].[O-2].[O-2].[O-2].[O-2].[O-2].[Si+4].[W].[W].[W].[W].[W].[W].[W].[W].[W].[W].[W]. The van der Waals surface area contributed by atoms with Crippen LogP contribution in [0.4, 0.5) is 0 Å². The molecule has 0 aliphatic heterocycles. The molecular formula is H2K6NiO40SiW11-66. The fourth-order valence-electron chi connectivity index (χ4n) is 0. The van der Waals surface area contributed by atoms with Crippen LogP contribution in [0.2, 0.25) is 0 Å². The Morgan fingerprint density at radius 1 is 0.102 bits per heavy atom. The second-order valence-corrected chi connectivity index (χ2v) is 0. The number of hydrogen-bond acceptors (Lipinski definition) is 0. The minimum absolute atomic E-state index is 0. The molecule has 0 unspecified atom stereocenters. The van der Waals surface area contributed by atoms with E-state index in [1.165, 1.54) is 0 Å². The van der Waals surface area contributed by atoms with Gasteiger partial charge >= 0.3 is 336 Å². The molecule has 0 aliphatic rings. The standard InChI is InChI=1S/6K.Ni.H2O.39O.Si.11W/h;;;;;;;1H2;;;;;;;;;;;;;;;;;;;;;;;;;;;;;;;;;;;;;;;;;;;;;;;;;;;/q6*+1;+2;;39*-2;+4;;;;;;;;;;;. The van der Waals surface area contributed by atoms with Gasteiger partial charge in [-0.2, -0.15) is 0 Å². The Hall–Kier alpha value is 16.5. The molecular weight excluding hydrogens is 2980 g/mol. The van der Waals surface area contributed by atoms with Crippen LogP contribution in [0.3, 0.4) is 0 Å². The summed E-state index contributed by atoms with van der Waals surface area (Å²) in [5.41, 5.74) is 0. The fourth-order valence-corrected chi connectivity index (χ4v) is 0. The summed E-state index contributed by atoms with van der Waals surface area (Å²) in [5.74, 6) is 0. The minimum atomic E-state index is 0. The Morgan fingerprint density at radius 3 is 0.102 bits per heavy atom. The second-order valence-electron chi connectivity index (χ2n) is 0. The van der Waals surface area contributed by atoms with Crippen molar-refractivity contribution in [2.24, 2.45) is 0 Å². The van der Waals surface area contributed by atoms with Crippen molar-refractivity contribution in [1.82, 2.24) is 0 Å². The van der Waals surface area contributed by atoms with Crippen molar-refractivity contribution in [3.63, 3.8) is 0 Å². The maximum atomic E-state index is 0. The predicted octanol–water partition coefficient (Wildman–Crippen LogP) is -23.8. The molecule has 0 aliphatic carbocycles. The molecule has 40 nitrogen and oxygen atoms in total. The average molecular weight is 2990 g/mol. The summed E-state index contributed by atoms with van der Waals surface area (Å²) in [4.78, 5) is 0. The van der Waals surface area contributed by atoms with Gasteiger partial charge < -0.3 is 219 Å². The fraction of sp³-hybridized carbons (Fsp3) is 0. The quantitative estimate of drug-likeness (QED) is 0.204. The van der Waals surface area contributed by atoms with Crippen molar-refractivity contribution >= 4 is 11.0 Å². The third-order valence-corrected chi connectivity index (χ3v) is 0. The Labute approximate surface area is 765 Å². The summed E-state index contributed by atoms with van der Waals surface area (Å²) < 4.78 is 0. The van der Waals surface area contributed by atoms with Gasteiger partial charge in [0.15, 0.2) is 0 Å². The van der Waals surface area contributed by atoms with Crippen molar-refractivity contribution in [3.05, 3.63) is 0 Å². The zero-order valence-corrected chi connectivity index (χ0v) is 80.7. The van der Waals surface area contributed by atoms with Crippen molar-refractivity contribution in [2.75, 3.05) is 0 Å². The molecule has 0 atom stereocenters. The second kappa shape index (κ2) is 1480. The van der Waals surface area contributed by atoms with Crippen LogP contribution >= 0.6 is 0 Å². The summed E-state index contributed by atoms with van der Waals surface area (Å²) >= 11 is 0. The first-order valence-electron chi connectivity index (χ1n) is 0. The van der Waals surface area contributed by atoms with Gasteiger partial charge in [0.25, 0.3) is 0 Å². The largest absolute Gasteiger partial charge is 4.00 e. The number of rotatable bonds is 0. The van der Waals surface area contributed by atoms with Crippen molar-refractivity contribution < 1.29 is 776 Å². The van der Waals surface area contributed by atoms with E-state index in [0.717, 1.165) is 0 Å². The summed E-state index contributed by atoms with van der Waals surface area (Å²) in [6.07, 6.45) is 0. The zero-order valence-electron chi connectivity index (χ0n) is 27.7. The Balaban J connectivity index is 0. The van der Waals surface area contributed by atoms with Crippen molar-refractivity contribution in [3.8, 4) is 0 Å². The van der Waals surface area contributed by atoms with Crippen LogP contribution in [0.25, 0.3) is 0 Å². The molecule has 0 aromatic rings. The van der Waals surface area contributed by atoms with Gasteiger partial charge in [-0.15, -0.1) is 0 Å². The van der Waals surface area contributed by atoms with Crippen LogP contribution in [0.15, 0.2) is 0 Å². The molecule has 0 fully saturated rings. The van der Waals surface area contributed by atoms with E-state index in [4.69, 9.17) is 0 Å². The average Bonchev–Trinajstić information content (AvgIpc) is 0. The van der Waals surface area contributed by atoms with Crippen LogP contribution in [0, 0.1) is 0 Å². The van der Waals surface area contributed by atoms with E-state index in [-0.39, 0.29) is 787 Å². The first-order valence-corrected chi connectivity index (χ1v) is 0. The summed E-state index contributed by atoms with van der Waals surface area (Å²) in [7, 11) is 0. The maximum Gasteiger partial charge on any atom is 4.00 e. The molecule has 0 heterocycles. The third kappa shape index (κ3) is 1440. The molecule has 0 saturated carbocycles. The van der Waals surface area contributed by atoms with Crippen LogP contribution in [0.1, 0.15) is 0 Å². The van der Waals surface area contributed by atoms with E-state index in [1.807, 2.05) is 0 Å². The molecule has 0 aromatic heterocycles. The summed E-state index contributed by atoms with van der Waals surface area (Å²) in [6.45, 7) is 0. The van der Waals surface area contributed by atoms with Gasteiger partial charge in [0.1, 0.15) is 0 Å². The molecule has 59 heavy (non-hydrogen) atoms. The molecule has 0 rings (SSSR count). The normalized spacial score (nSPS) is 0. The topological polar surface area (TPSA) is 1140 Å². The first kappa shape index (κ1) is 1540. The van der Waals surface area contributed by atoms with Crippen LogP contribution < -0.4 is 308 Å². The zero-order chi connectivity index (χ0) is 0.